The number of hydrogen-bond acceptors (Lipinski definition) is 8. The maximum Gasteiger partial charge on any atom is 0.372 e. The Morgan fingerprint density at radius 2 is 1.94 bits per heavy atom. The summed E-state index contributed by atoms with van der Waals surface area (Å²) in [6.45, 7) is 1.11. The zero-order chi connectivity index (χ0) is 22.3. The Labute approximate surface area is 179 Å². The fraction of sp³-hybridized carbons (Fsp3) is 0.400. The van der Waals surface area contributed by atoms with E-state index in [1.807, 2.05) is 0 Å². The lowest BCUT2D eigenvalue weighted by atomic mass is 9.86. The molecule has 4 rings (SSSR count). The predicted octanol–water partition coefficient (Wildman–Crippen LogP) is 3.81. The van der Waals surface area contributed by atoms with Crippen LogP contribution in [-0.4, -0.2) is 32.7 Å². The second-order valence-electron chi connectivity index (χ2n) is 7.84. The molecule has 0 radical (unpaired) electrons. The molecule has 4 atom stereocenters. The number of ether oxygens (including phenoxy) is 1. The number of nitrogens with zero attached hydrogens (tertiary/aromatic N) is 1. The van der Waals surface area contributed by atoms with E-state index in [1.54, 1.807) is 12.1 Å². The Morgan fingerprint density at radius 3 is 2.48 bits per heavy atom. The molecule has 1 aliphatic heterocycles. The van der Waals surface area contributed by atoms with E-state index in [-0.39, 0.29) is 11.9 Å². The van der Waals surface area contributed by atoms with Gasteiger partial charge in [0.05, 0.1) is 5.92 Å². The largest absolute Gasteiger partial charge is 0.426 e. The first-order chi connectivity index (χ1) is 14.6. The van der Waals surface area contributed by atoms with Gasteiger partial charge in [0.1, 0.15) is 5.75 Å². The van der Waals surface area contributed by atoms with Gasteiger partial charge in [0.15, 0.2) is 6.29 Å². The standard InChI is InChI=1S/C20H23NO8P2/c1-30(24)20(23,12-14-4-3-11-21-13-14)31(25,26)29-19(28-30)16-7-9-17(10-8-16)27-18(22)15-5-2-6-15/h3-4,7-11,13,15,19,23H,2,5-6,12H2,1H3,(H,25,26). The van der Waals surface area contributed by atoms with Gasteiger partial charge in [-0.15, -0.1) is 0 Å². The molecule has 2 fully saturated rings. The SMILES string of the molecule is CP1(=O)OC(c2ccc(OC(=O)C3CCC3)cc2)OP(=O)(O)C1(O)Cc1cccnc1. The van der Waals surface area contributed by atoms with Gasteiger partial charge in [0, 0.05) is 31.0 Å². The van der Waals surface area contributed by atoms with Crippen molar-refractivity contribution in [1.29, 1.82) is 0 Å². The van der Waals surface area contributed by atoms with Crippen LogP contribution in [0.25, 0.3) is 0 Å². The Balaban J connectivity index is 1.52. The number of carbonyl (C=O) groups excluding carboxylic acids is 1. The zero-order valence-electron chi connectivity index (χ0n) is 16.8. The van der Waals surface area contributed by atoms with Crippen LogP contribution < -0.4 is 4.74 Å². The van der Waals surface area contributed by atoms with Crippen molar-refractivity contribution in [1.82, 2.24) is 4.98 Å². The first kappa shape index (κ1) is 22.3. The van der Waals surface area contributed by atoms with Gasteiger partial charge in [-0.1, -0.05) is 24.6 Å². The summed E-state index contributed by atoms with van der Waals surface area (Å²) in [5.74, 6) is -0.0487. The molecule has 1 aromatic carbocycles. The average molecular weight is 467 g/mol. The molecule has 0 spiro atoms. The first-order valence-corrected chi connectivity index (χ1v) is 13.5. The van der Waals surface area contributed by atoms with Crippen LogP contribution in [0.5, 0.6) is 5.75 Å². The van der Waals surface area contributed by atoms with E-state index in [9.17, 15) is 23.9 Å². The van der Waals surface area contributed by atoms with E-state index < -0.39 is 32.8 Å². The van der Waals surface area contributed by atoms with Gasteiger partial charge in [-0.2, -0.15) is 0 Å². The number of hydrogen-bond donors (Lipinski definition) is 2. The van der Waals surface area contributed by atoms with Crippen LogP contribution in [0.2, 0.25) is 0 Å². The molecular weight excluding hydrogens is 444 g/mol. The highest BCUT2D eigenvalue weighted by Gasteiger charge is 2.64. The molecule has 31 heavy (non-hydrogen) atoms. The maximum atomic E-state index is 13.2. The summed E-state index contributed by atoms with van der Waals surface area (Å²) in [6.07, 6.45) is 3.70. The fourth-order valence-electron chi connectivity index (χ4n) is 3.41. The van der Waals surface area contributed by atoms with Gasteiger partial charge in [0.25, 0.3) is 0 Å². The highest BCUT2D eigenvalue weighted by atomic mass is 31.2. The van der Waals surface area contributed by atoms with Crippen molar-refractivity contribution < 1.29 is 37.7 Å². The Bertz CT molecular complexity index is 1030. The van der Waals surface area contributed by atoms with Gasteiger partial charge in [-0.3, -0.25) is 28.0 Å². The van der Waals surface area contributed by atoms with Gasteiger partial charge in [-0.05, 0) is 36.6 Å². The minimum Gasteiger partial charge on any atom is -0.426 e. The summed E-state index contributed by atoms with van der Waals surface area (Å²) in [5.41, 5.74) is 0.702. The van der Waals surface area contributed by atoms with Crippen LogP contribution >= 0.6 is 15.0 Å². The van der Waals surface area contributed by atoms with Gasteiger partial charge in [0.2, 0.25) is 12.5 Å². The van der Waals surface area contributed by atoms with E-state index in [0.29, 0.717) is 16.9 Å². The molecular formula is C20H23NO8P2. The third kappa shape index (κ3) is 4.27. The van der Waals surface area contributed by atoms with E-state index in [2.05, 4.69) is 4.98 Å². The van der Waals surface area contributed by atoms with Crippen molar-refractivity contribution in [3.05, 3.63) is 59.9 Å². The summed E-state index contributed by atoms with van der Waals surface area (Å²) in [7, 11) is -8.86. The number of benzene rings is 1. The van der Waals surface area contributed by atoms with E-state index >= 15 is 0 Å². The Hall–Kier alpha value is -1.86. The second-order valence-corrected chi connectivity index (χ2v) is 12.8. The molecule has 0 bridgehead atoms. The first-order valence-electron chi connectivity index (χ1n) is 9.81. The van der Waals surface area contributed by atoms with Crippen molar-refractivity contribution in [3.63, 3.8) is 0 Å². The number of aliphatic hydroxyl groups is 1. The molecule has 9 nitrogen and oxygen atoms in total. The molecule has 1 aromatic heterocycles. The molecule has 166 valence electrons. The number of carbonyl (C=O) groups is 1. The highest BCUT2D eigenvalue weighted by molar-refractivity contribution is 7.75. The number of aromatic nitrogens is 1. The third-order valence-electron chi connectivity index (χ3n) is 5.61. The maximum absolute atomic E-state index is 13.2. The van der Waals surface area contributed by atoms with Crippen LogP contribution in [0.1, 0.15) is 36.7 Å². The topological polar surface area (TPSA) is 132 Å². The van der Waals surface area contributed by atoms with Crippen LogP contribution in [0, 0.1) is 5.92 Å². The normalized spacial score (nSPS) is 33.5. The van der Waals surface area contributed by atoms with Crippen molar-refractivity contribution >= 4 is 20.9 Å². The molecule has 1 saturated carbocycles. The van der Waals surface area contributed by atoms with Crippen molar-refractivity contribution in [2.75, 3.05) is 6.66 Å². The average Bonchev–Trinajstić information content (AvgIpc) is 2.66. The lowest BCUT2D eigenvalue weighted by molar-refractivity contribution is -0.141. The highest BCUT2D eigenvalue weighted by Crippen LogP contribution is 2.79. The Kier molecular flexibility index (Phi) is 5.94. The molecule has 1 saturated heterocycles. The van der Waals surface area contributed by atoms with E-state index in [0.717, 1.165) is 25.9 Å². The summed E-state index contributed by atoms with van der Waals surface area (Å²) in [4.78, 5) is 26.4. The van der Waals surface area contributed by atoms with Gasteiger partial charge in [-0.25, -0.2) is 0 Å². The summed E-state index contributed by atoms with van der Waals surface area (Å²) in [5, 5.41) is 8.34. The molecule has 2 heterocycles. The van der Waals surface area contributed by atoms with E-state index in [4.69, 9.17) is 13.8 Å². The minimum atomic E-state index is -4.81. The lowest BCUT2D eigenvalue weighted by Crippen LogP contribution is -2.37. The molecule has 1 aliphatic carbocycles. The molecule has 4 unspecified atom stereocenters. The van der Waals surface area contributed by atoms with Crippen LogP contribution in [0.15, 0.2) is 48.8 Å². The fourth-order valence-corrected chi connectivity index (χ4v) is 7.74. The third-order valence-corrected chi connectivity index (χ3v) is 11.1. The minimum absolute atomic E-state index is 0.0755. The molecule has 2 aromatic rings. The van der Waals surface area contributed by atoms with E-state index in [1.165, 1.54) is 36.7 Å². The number of pyridine rings is 1. The smallest absolute Gasteiger partial charge is 0.372 e. The predicted molar refractivity (Wildman–Crippen MR) is 111 cm³/mol. The summed E-state index contributed by atoms with van der Waals surface area (Å²) in [6, 6.07) is 9.14. The Morgan fingerprint density at radius 1 is 1.23 bits per heavy atom. The van der Waals surface area contributed by atoms with Crippen LogP contribution in [0.3, 0.4) is 0 Å². The van der Waals surface area contributed by atoms with Crippen LogP contribution in [0.4, 0.5) is 0 Å². The molecule has 2 N–H and O–H groups in total. The quantitative estimate of drug-likeness (QED) is 0.383. The van der Waals surface area contributed by atoms with Crippen molar-refractivity contribution in [2.45, 2.75) is 37.1 Å². The van der Waals surface area contributed by atoms with Crippen LogP contribution in [-0.2, 0) is 29.4 Å². The lowest BCUT2D eigenvalue weighted by Gasteiger charge is -2.43. The van der Waals surface area contributed by atoms with Crippen molar-refractivity contribution in [2.24, 2.45) is 5.92 Å². The second kappa shape index (κ2) is 8.24. The molecule has 11 heteroatoms. The van der Waals surface area contributed by atoms with Crippen molar-refractivity contribution in [3.8, 4) is 5.75 Å². The summed E-state index contributed by atoms with van der Waals surface area (Å²) < 4.78 is 42.2. The van der Waals surface area contributed by atoms with Gasteiger partial charge >= 0.3 is 13.6 Å². The van der Waals surface area contributed by atoms with Gasteiger partial charge < -0.3 is 14.7 Å². The molecule has 2 aliphatic rings. The number of rotatable bonds is 5. The summed E-state index contributed by atoms with van der Waals surface area (Å²) >= 11 is 0. The number of esters is 1. The molecule has 0 amide bonds. The monoisotopic (exact) mass is 467 g/mol. The zero-order valence-corrected chi connectivity index (χ0v) is 18.6.